The Balaban J connectivity index is 1.84. The Morgan fingerprint density at radius 1 is 1.17 bits per heavy atom. The van der Waals surface area contributed by atoms with Crippen LogP contribution in [-0.4, -0.2) is 37.6 Å². The molecule has 0 fully saturated rings. The molecule has 0 aliphatic carbocycles. The number of carboxylic acids is 1. The minimum Gasteiger partial charge on any atom is -0.493 e. The zero-order valence-corrected chi connectivity index (χ0v) is 15.8. The molecule has 2 heterocycles. The highest BCUT2D eigenvalue weighted by Gasteiger charge is 2.15. The number of imidazole rings is 1. The van der Waals surface area contributed by atoms with E-state index in [1.54, 1.807) is 25.1 Å². The summed E-state index contributed by atoms with van der Waals surface area (Å²) in [6.45, 7) is 4.04. The lowest BCUT2D eigenvalue weighted by Crippen LogP contribution is -2.10. The fourth-order valence-electron chi connectivity index (χ4n) is 3.18. The molecule has 0 saturated carbocycles. The van der Waals surface area contributed by atoms with Gasteiger partial charge in [0.15, 0.2) is 11.2 Å². The van der Waals surface area contributed by atoms with Gasteiger partial charge in [0.1, 0.15) is 11.6 Å². The molecule has 0 saturated heterocycles. The van der Waals surface area contributed by atoms with Crippen molar-refractivity contribution in [1.82, 2.24) is 19.9 Å². The molecular formula is C21H18N4O4. The van der Waals surface area contributed by atoms with Crippen LogP contribution >= 0.6 is 0 Å². The van der Waals surface area contributed by atoms with Gasteiger partial charge in [-0.05, 0) is 48.7 Å². The number of carbonyl (C=O) groups is 1. The molecule has 3 N–H and O–H groups in total. The first-order valence-electron chi connectivity index (χ1n) is 9.03. The van der Waals surface area contributed by atoms with Crippen molar-refractivity contribution in [2.45, 2.75) is 13.8 Å². The molecule has 8 nitrogen and oxygen atoms in total. The van der Waals surface area contributed by atoms with E-state index in [9.17, 15) is 14.7 Å². The predicted molar refractivity (Wildman–Crippen MR) is 108 cm³/mol. The Morgan fingerprint density at radius 3 is 2.69 bits per heavy atom. The number of aromatic amines is 2. The number of nitrogens with one attached hydrogen (secondary N) is 2. The number of hydrogen-bond acceptors (Lipinski definition) is 5. The van der Waals surface area contributed by atoms with Crippen molar-refractivity contribution < 1.29 is 14.6 Å². The largest absolute Gasteiger partial charge is 0.493 e. The summed E-state index contributed by atoms with van der Waals surface area (Å²) in [5, 5.41) is 9.39. The van der Waals surface area contributed by atoms with Gasteiger partial charge in [0, 0.05) is 0 Å². The first-order valence-corrected chi connectivity index (χ1v) is 9.03. The van der Waals surface area contributed by atoms with Crippen molar-refractivity contribution in [1.29, 1.82) is 0 Å². The number of fused-ring (bicyclic) bond motifs is 1. The minimum atomic E-state index is -0.972. The molecule has 0 amide bonds. The van der Waals surface area contributed by atoms with Gasteiger partial charge < -0.3 is 19.8 Å². The third kappa shape index (κ3) is 3.36. The number of aromatic nitrogens is 4. The average molecular weight is 390 g/mol. The molecule has 0 unspecified atom stereocenters. The van der Waals surface area contributed by atoms with E-state index in [1.807, 2.05) is 25.1 Å². The van der Waals surface area contributed by atoms with Crippen molar-refractivity contribution in [2.24, 2.45) is 0 Å². The van der Waals surface area contributed by atoms with E-state index in [2.05, 4.69) is 19.9 Å². The van der Waals surface area contributed by atoms with Crippen molar-refractivity contribution in [3.63, 3.8) is 0 Å². The zero-order valence-electron chi connectivity index (χ0n) is 15.8. The molecule has 0 radical (unpaired) electrons. The number of rotatable bonds is 5. The van der Waals surface area contributed by atoms with Crippen LogP contribution in [0.1, 0.15) is 22.8 Å². The molecule has 0 aliphatic heterocycles. The monoisotopic (exact) mass is 390 g/mol. The van der Waals surface area contributed by atoms with Gasteiger partial charge in [-0.2, -0.15) is 0 Å². The number of nitrogens with zero attached hydrogens (tertiary/aromatic N) is 2. The van der Waals surface area contributed by atoms with Gasteiger partial charge in [-0.15, -0.1) is 0 Å². The van der Waals surface area contributed by atoms with E-state index in [0.717, 1.165) is 11.1 Å². The standard InChI is InChI=1S/C21H18N4O4/c1-3-29-16-9-13(12-5-4-11(2)15(8-12)21(27)28)6-7-14(16)18-24-19-17(20(26)25-18)22-10-23-19/h4-10H,3H2,1-2H3,(H,27,28)(H2,22,23,24,25,26). The van der Waals surface area contributed by atoms with Gasteiger partial charge in [-0.3, -0.25) is 4.79 Å². The molecule has 2 aromatic carbocycles. The van der Waals surface area contributed by atoms with Crippen LogP contribution < -0.4 is 10.3 Å². The van der Waals surface area contributed by atoms with Gasteiger partial charge in [0.25, 0.3) is 5.56 Å². The van der Waals surface area contributed by atoms with Crippen LogP contribution in [0.2, 0.25) is 0 Å². The van der Waals surface area contributed by atoms with Gasteiger partial charge in [-0.1, -0.05) is 18.2 Å². The summed E-state index contributed by atoms with van der Waals surface area (Å²) in [6, 6.07) is 10.7. The van der Waals surface area contributed by atoms with Crippen molar-refractivity contribution in [3.8, 4) is 28.3 Å². The molecule has 146 valence electrons. The predicted octanol–water partition coefficient (Wildman–Crippen LogP) is 3.39. The van der Waals surface area contributed by atoms with Crippen molar-refractivity contribution in [2.75, 3.05) is 6.61 Å². The first kappa shape index (κ1) is 18.4. The molecule has 2 aromatic heterocycles. The Morgan fingerprint density at radius 2 is 1.93 bits per heavy atom. The highest BCUT2D eigenvalue weighted by Crippen LogP contribution is 2.33. The van der Waals surface area contributed by atoms with E-state index in [0.29, 0.717) is 35.0 Å². The first-order chi connectivity index (χ1) is 14.0. The number of H-pyrrole nitrogens is 2. The number of carboxylic acid groups (broad SMARTS) is 1. The van der Waals surface area contributed by atoms with Gasteiger partial charge in [0.05, 0.1) is 24.1 Å². The molecule has 4 aromatic rings. The second-order valence-corrected chi connectivity index (χ2v) is 6.49. The quantitative estimate of drug-likeness (QED) is 0.480. The molecular weight excluding hydrogens is 372 g/mol. The highest BCUT2D eigenvalue weighted by atomic mass is 16.5. The van der Waals surface area contributed by atoms with E-state index in [4.69, 9.17) is 4.74 Å². The minimum absolute atomic E-state index is 0.240. The maximum absolute atomic E-state index is 12.3. The Labute approximate surface area is 165 Å². The molecule has 4 rings (SSSR count). The number of aryl methyl sites for hydroxylation is 1. The van der Waals surface area contributed by atoms with E-state index in [1.165, 1.54) is 6.33 Å². The van der Waals surface area contributed by atoms with Crippen molar-refractivity contribution in [3.05, 3.63) is 64.2 Å². The zero-order chi connectivity index (χ0) is 20.5. The van der Waals surface area contributed by atoms with Gasteiger partial charge >= 0.3 is 5.97 Å². The fraction of sp³-hybridized carbons (Fsp3) is 0.143. The fourth-order valence-corrected chi connectivity index (χ4v) is 3.18. The highest BCUT2D eigenvalue weighted by molar-refractivity contribution is 5.91. The van der Waals surface area contributed by atoms with Gasteiger partial charge in [0.2, 0.25) is 0 Å². The summed E-state index contributed by atoms with van der Waals surface area (Å²) >= 11 is 0. The van der Waals surface area contributed by atoms with E-state index in [-0.39, 0.29) is 16.6 Å². The number of hydrogen-bond donors (Lipinski definition) is 3. The van der Waals surface area contributed by atoms with Crippen LogP contribution in [0.25, 0.3) is 33.7 Å². The Bertz CT molecular complexity index is 1290. The molecule has 29 heavy (non-hydrogen) atoms. The maximum Gasteiger partial charge on any atom is 0.335 e. The van der Waals surface area contributed by atoms with Crippen LogP contribution in [0.4, 0.5) is 0 Å². The van der Waals surface area contributed by atoms with Crippen LogP contribution in [0.3, 0.4) is 0 Å². The second-order valence-electron chi connectivity index (χ2n) is 6.49. The molecule has 0 spiro atoms. The second kappa shape index (κ2) is 7.23. The van der Waals surface area contributed by atoms with Crippen LogP contribution in [0.15, 0.2) is 47.5 Å². The summed E-state index contributed by atoms with van der Waals surface area (Å²) in [5.74, 6) is -0.0815. The molecule has 0 atom stereocenters. The summed E-state index contributed by atoms with van der Waals surface area (Å²) in [5.41, 5.74) is 3.40. The van der Waals surface area contributed by atoms with Crippen LogP contribution in [0, 0.1) is 6.92 Å². The number of ether oxygens (including phenoxy) is 1. The lowest BCUT2D eigenvalue weighted by molar-refractivity contribution is 0.0696. The smallest absolute Gasteiger partial charge is 0.335 e. The van der Waals surface area contributed by atoms with E-state index >= 15 is 0 Å². The Kier molecular flexibility index (Phi) is 4.59. The SMILES string of the molecule is CCOc1cc(-c2ccc(C)c(C(=O)O)c2)ccc1-c1nc2[nH]cnc2c(=O)[nH]1. The van der Waals surface area contributed by atoms with Gasteiger partial charge in [-0.25, -0.2) is 14.8 Å². The van der Waals surface area contributed by atoms with E-state index < -0.39 is 5.97 Å². The lowest BCUT2D eigenvalue weighted by Gasteiger charge is -2.13. The average Bonchev–Trinajstić information content (AvgIpc) is 3.17. The molecule has 0 bridgehead atoms. The molecule has 0 aliphatic rings. The third-order valence-corrected chi connectivity index (χ3v) is 4.63. The molecule has 8 heteroatoms. The summed E-state index contributed by atoms with van der Waals surface area (Å²) in [7, 11) is 0. The van der Waals surface area contributed by atoms with Crippen LogP contribution in [0.5, 0.6) is 5.75 Å². The van der Waals surface area contributed by atoms with Crippen molar-refractivity contribution >= 4 is 17.1 Å². The lowest BCUT2D eigenvalue weighted by atomic mass is 9.98. The Hall–Kier alpha value is -3.94. The summed E-state index contributed by atoms with van der Waals surface area (Å²) < 4.78 is 5.78. The number of benzene rings is 2. The van der Waals surface area contributed by atoms with Crippen LogP contribution in [-0.2, 0) is 0 Å². The topological polar surface area (TPSA) is 121 Å². The third-order valence-electron chi connectivity index (χ3n) is 4.63. The summed E-state index contributed by atoms with van der Waals surface area (Å²) in [4.78, 5) is 37.7. The summed E-state index contributed by atoms with van der Waals surface area (Å²) in [6.07, 6.45) is 1.42. The maximum atomic E-state index is 12.3. The number of aromatic carboxylic acids is 1. The normalized spacial score (nSPS) is 11.0.